The zero-order valence-electron chi connectivity index (χ0n) is 16.9. The Hall–Kier alpha value is -2.22. The van der Waals surface area contributed by atoms with Gasteiger partial charge >= 0.3 is 12.1 Å². The molecule has 2 atom stereocenters. The van der Waals surface area contributed by atoms with Crippen LogP contribution in [0.1, 0.15) is 32.3 Å². The first-order valence-electron chi connectivity index (χ1n) is 9.21. The molecule has 156 valence electrons. The number of ether oxygens (including phenoxy) is 2. The molecule has 0 radical (unpaired) electrons. The van der Waals surface area contributed by atoms with Gasteiger partial charge in [-0.3, -0.25) is 4.79 Å². The molecular formula is C20H30N2O5S. The molecule has 7 nitrogen and oxygen atoms in total. The van der Waals surface area contributed by atoms with Crippen molar-refractivity contribution in [1.82, 2.24) is 10.6 Å². The van der Waals surface area contributed by atoms with Crippen LogP contribution in [0.4, 0.5) is 4.79 Å². The minimum Gasteiger partial charge on any atom is -0.467 e. The molecule has 0 fully saturated rings. The predicted octanol–water partition coefficient (Wildman–Crippen LogP) is 2.74. The summed E-state index contributed by atoms with van der Waals surface area (Å²) < 4.78 is 9.97. The van der Waals surface area contributed by atoms with Crippen molar-refractivity contribution in [3.63, 3.8) is 0 Å². The van der Waals surface area contributed by atoms with Crippen LogP contribution in [0.3, 0.4) is 0 Å². The summed E-state index contributed by atoms with van der Waals surface area (Å²) in [6.45, 7) is 4.01. The molecule has 28 heavy (non-hydrogen) atoms. The summed E-state index contributed by atoms with van der Waals surface area (Å²) in [5, 5.41) is 5.29. The van der Waals surface area contributed by atoms with E-state index in [4.69, 9.17) is 9.47 Å². The third-order valence-electron chi connectivity index (χ3n) is 3.94. The predicted molar refractivity (Wildman–Crippen MR) is 110 cm³/mol. The highest BCUT2D eigenvalue weighted by Crippen LogP contribution is 2.09. The van der Waals surface area contributed by atoms with Gasteiger partial charge in [-0.15, -0.1) is 0 Å². The quantitative estimate of drug-likeness (QED) is 0.545. The van der Waals surface area contributed by atoms with Gasteiger partial charge in [-0.1, -0.05) is 44.2 Å². The Morgan fingerprint density at radius 3 is 2.32 bits per heavy atom. The molecule has 0 saturated carbocycles. The molecule has 1 aromatic carbocycles. The first kappa shape index (κ1) is 23.8. The average Bonchev–Trinajstić information content (AvgIpc) is 2.68. The molecule has 0 aromatic heterocycles. The lowest BCUT2D eigenvalue weighted by Crippen LogP contribution is -2.52. The monoisotopic (exact) mass is 410 g/mol. The number of carbonyl (C=O) groups excluding carboxylic acids is 3. The molecule has 8 heteroatoms. The Morgan fingerprint density at radius 2 is 1.75 bits per heavy atom. The molecule has 2 amide bonds. The minimum atomic E-state index is -0.796. The normalized spacial score (nSPS) is 12.8. The zero-order chi connectivity index (χ0) is 20.9. The fourth-order valence-corrected chi connectivity index (χ4v) is 2.98. The van der Waals surface area contributed by atoms with E-state index in [1.54, 1.807) is 11.8 Å². The van der Waals surface area contributed by atoms with Crippen LogP contribution < -0.4 is 10.6 Å². The van der Waals surface area contributed by atoms with Crippen LogP contribution in [0.2, 0.25) is 0 Å². The van der Waals surface area contributed by atoms with Gasteiger partial charge in [0.1, 0.15) is 18.7 Å². The molecule has 0 aliphatic carbocycles. The van der Waals surface area contributed by atoms with Crippen molar-refractivity contribution in [3.8, 4) is 0 Å². The number of alkyl carbamates (subject to hydrolysis) is 1. The van der Waals surface area contributed by atoms with Gasteiger partial charge in [-0.05, 0) is 36.3 Å². The van der Waals surface area contributed by atoms with Gasteiger partial charge in [0.05, 0.1) is 7.11 Å². The van der Waals surface area contributed by atoms with Crippen molar-refractivity contribution in [2.75, 3.05) is 19.1 Å². The van der Waals surface area contributed by atoms with E-state index in [0.717, 1.165) is 5.56 Å². The van der Waals surface area contributed by atoms with Crippen molar-refractivity contribution < 1.29 is 23.9 Å². The lowest BCUT2D eigenvalue weighted by molar-refractivity contribution is -0.145. The number of hydrogen-bond acceptors (Lipinski definition) is 6. The van der Waals surface area contributed by atoms with Crippen LogP contribution in [0.15, 0.2) is 30.3 Å². The van der Waals surface area contributed by atoms with E-state index in [2.05, 4.69) is 10.6 Å². The van der Waals surface area contributed by atoms with E-state index >= 15 is 0 Å². The van der Waals surface area contributed by atoms with Gasteiger partial charge in [-0.2, -0.15) is 11.8 Å². The van der Waals surface area contributed by atoms with E-state index < -0.39 is 30.1 Å². The standard InChI is InChI=1S/C20H30N2O5S/c1-14(2)12-17(19(24)26-3)21-18(23)16(10-11-28-4)22-20(25)27-13-15-8-6-5-7-9-15/h5-9,14,16-17H,10-13H2,1-4H3,(H,21,23)(H,22,25)/t16-,17+/m1/s1. The third-order valence-corrected chi connectivity index (χ3v) is 4.59. The molecule has 0 aliphatic rings. The van der Waals surface area contributed by atoms with E-state index in [0.29, 0.717) is 18.6 Å². The topological polar surface area (TPSA) is 93.7 Å². The molecule has 0 aliphatic heterocycles. The molecule has 1 aromatic rings. The number of methoxy groups -OCH3 is 1. The van der Waals surface area contributed by atoms with Gasteiger partial charge in [0.2, 0.25) is 5.91 Å². The summed E-state index contributed by atoms with van der Waals surface area (Å²) >= 11 is 1.56. The third kappa shape index (κ3) is 9.12. The Morgan fingerprint density at radius 1 is 1.07 bits per heavy atom. The van der Waals surface area contributed by atoms with Crippen LogP contribution in [-0.2, 0) is 25.7 Å². The van der Waals surface area contributed by atoms with Crippen LogP contribution in [0.5, 0.6) is 0 Å². The maximum Gasteiger partial charge on any atom is 0.408 e. The van der Waals surface area contributed by atoms with Crippen molar-refractivity contribution >= 4 is 29.7 Å². The van der Waals surface area contributed by atoms with E-state index in [1.165, 1.54) is 7.11 Å². The molecule has 0 heterocycles. The molecule has 2 N–H and O–H groups in total. The number of amides is 2. The number of thioether (sulfide) groups is 1. The van der Waals surface area contributed by atoms with Crippen molar-refractivity contribution in [2.24, 2.45) is 5.92 Å². The van der Waals surface area contributed by atoms with E-state index in [9.17, 15) is 14.4 Å². The highest BCUT2D eigenvalue weighted by Gasteiger charge is 2.28. The Labute approximate surface area is 170 Å². The Kier molecular flexibility index (Phi) is 11.1. The SMILES string of the molecule is COC(=O)[C@H](CC(C)C)NC(=O)[C@@H](CCSC)NC(=O)OCc1ccccc1. The summed E-state index contributed by atoms with van der Waals surface area (Å²) in [5.41, 5.74) is 0.852. The number of esters is 1. The van der Waals surface area contributed by atoms with Crippen LogP contribution in [0.25, 0.3) is 0 Å². The number of benzene rings is 1. The maximum absolute atomic E-state index is 12.7. The van der Waals surface area contributed by atoms with Gasteiger partial charge in [-0.25, -0.2) is 9.59 Å². The summed E-state index contributed by atoms with van der Waals surface area (Å²) in [7, 11) is 1.28. The number of rotatable bonds is 11. The van der Waals surface area contributed by atoms with Gasteiger partial charge in [0, 0.05) is 0 Å². The highest BCUT2D eigenvalue weighted by molar-refractivity contribution is 7.98. The van der Waals surface area contributed by atoms with Gasteiger partial charge in [0.15, 0.2) is 0 Å². The fraction of sp³-hybridized carbons (Fsp3) is 0.550. The molecular weight excluding hydrogens is 380 g/mol. The summed E-state index contributed by atoms with van der Waals surface area (Å²) in [6.07, 6.45) is 2.11. The van der Waals surface area contributed by atoms with Crippen molar-refractivity contribution in [3.05, 3.63) is 35.9 Å². The van der Waals surface area contributed by atoms with Crippen LogP contribution in [-0.4, -0.2) is 49.2 Å². The lowest BCUT2D eigenvalue weighted by atomic mass is 10.0. The van der Waals surface area contributed by atoms with Gasteiger partial charge < -0.3 is 20.1 Å². The second-order valence-corrected chi connectivity index (χ2v) is 7.74. The lowest BCUT2D eigenvalue weighted by Gasteiger charge is -2.23. The smallest absolute Gasteiger partial charge is 0.408 e. The van der Waals surface area contributed by atoms with Crippen molar-refractivity contribution in [1.29, 1.82) is 0 Å². The number of nitrogens with one attached hydrogen (secondary N) is 2. The first-order chi connectivity index (χ1) is 13.4. The largest absolute Gasteiger partial charge is 0.467 e. The average molecular weight is 411 g/mol. The van der Waals surface area contributed by atoms with Crippen LogP contribution in [0, 0.1) is 5.92 Å². The van der Waals surface area contributed by atoms with E-state index in [1.807, 2.05) is 50.4 Å². The number of carbonyl (C=O) groups is 3. The zero-order valence-corrected chi connectivity index (χ0v) is 17.7. The summed E-state index contributed by atoms with van der Waals surface area (Å²) in [5.74, 6) is -0.0682. The molecule has 0 unspecified atom stereocenters. The second kappa shape index (κ2) is 13.0. The molecule has 0 bridgehead atoms. The van der Waals surface area contributed by atoms with Crippen LogP contribution >= 0.6 is 11.8 Å². The van der Waals surface area contributed by atoms with E-state index in [-0.39, 0.29) is 12.5 Å². The molecule has 0 spiro atoms. The second-order valence-electron chi connectivity index (χ2n) is 6.75. The molecule has 1 rings (SSSR count). The molecule has 0 saturated heterocycles. The summed E-state index contributed by atoms with van der Waals surface area (Å²) in [6, 6.07) is 7.73. The van der Waals surface area contributed by atoms with Gasteiger partial charge in [0.25, 0.3) is 0 Å². The first-order valence-corrected chi connectivity index (χ1v) is 10.6. The Balaban J connectivity index is 2.69. The highest BCUT2D eigenvalue weighted by atomic mass is 32.2. The van der Waals surface area contributed by atoms with Crippen molar-refractivity contribution in [2.45, 2.75) is 45.4 Å². The number of hydrogen-bond donors (Lipinski definition) is 2. The Bertz CT molecular complexity index is 624. The minimum absolute atomic E-state index is 0.113. The summed E-state index contributed by atoms with van der Waals surface area (Å²) in [4.78, 5) is 36.8. The maximum atomic E-state index is 12.7. The fourth-order valence-electron chi connectivity index (χ4n) is 2.51.